The van der Waals surface area contributed by atoms with E-state index in [-0.39, 0.29) is 28.6 Å². The molecule has 3 aromatic rings. The molecule has 0 radical (unpaired) electrons. The molecule has 34 heavy (non-hydrogen) atoms. The second-order valence-electron chi connectivity index (χ2n) is 7.69. The van der Waals surface area contributed by atoms with Crippen molar-refractivity contribution < 1.29 is 18.0 Å². The molecule has 3 rings (SSSR count). The molecule has 0 aliphatic rings. The minimum atomic E-state index is -3.88. The van der Waals surface area contributed by atoms with Crippen LogP contribution < -0.4 is 15.4 Å². The van der Waals surface area contributed by atoms with E-state index in [1.165, 1.54) is 30.5 Å². The molecule has 3 N–H and O–H groups in total. The highest BCUT2D eigenvalue weighted by molar-refractivity contribution is 7.92. The van der Waals surface area contributed by atoms with Gasteiger partial charge in [0, 0.05) is 34.7 Å². The molecule has 10 heteroatoms. The second kappa shape index (κ2) is 10.9. The van der Waals surface area contributed by atoms with E-state index in [4.69, 9.17) is 0 Å². The highest BCUT2D eigenvalue weighted by Gasteiger charge is 2.17. The van der Waals surface area contributed by atoms with Crippen molar-refractivity contribution in [2.24, 2.45) is 5.92 Å². The van der Waals surface area contributed by atoms with Crippen LogP contribution in [0.4, 0.5) is 17.3 Å². The van der Waals surface area contributed by atoms with Crippen molar-refractivity contribution in [3.05, 3.63) is 72.1 Å². The van der Waals surface area contributed by atoms with Crippen LogP contribution in [0.2, 0.25) is 0 Å². The van der Waals surface area contributed by atoms with Crippen molar-refractivity contribution in [2.75, 3.05) is 15.4 Å². The van der Waals surface area contributed by atoms with E-state index in [1.807, 2.05) is 13.8 Å². The maximum Gasteiger partial charge on any atom is 0.264 e. The molecule has 0 saturated carbocycles. The van der Waals surface area contributed by atoms with Crippen molar-refractivity contribution in [2.45, 2.75) is 38.5 Å². The summed E-state index contributed by atoms with van der Waals surface area (Å²) in [5.74, 6) is -0.572. The number of nitrogens with one attached hydrogen (secondary N) is 3. The molecule has 2 aromatic carbocycles. The number of carbonyl (C=O) groups is 2. The van der Waals surface area contributed by atoms with Gasteiger partial charge >= 0.3 is 0 Å². The van der Waals surface area contributed by atoms with Crippen LogP contribution in [0, 0.1) is 12.8 Å². The third-order valence-electron chi connectivity index (χ3n) is 5.19. The maximum absolute atomic E-state index is 12.7. The Morgan fingerprint density at radius 3 is 2.29 bits per heavy atom. The Morgan fingerprint density at radius 2 is 1.65 bits per heavy atom. The van der Waals surface area contributed by atoms with Gasteiger partial charge in [0.25, 0.3) is 15.9 Å². The van der Waals surface area contributed by atoms with Gasteiger partial charge in [-0.2, -0.15) is 0 Å². The van der Waals surface area contributed by atoms with Crippen LogP contribution >= 0.6 is 0 Å². The number of aromatic nitrogens is 2. The quantitative estimate of drug-likeness (QED) is 0.420. The average molecular weight is 482 g/mol. The van der Waals surface area contributed by atoms with Gasteiger partial charge in [-0.05, 0) is 68.3 Å². The van der Waals surface area contributed by atoms with Gasteiger partial charge in [0.05, 0.1) is 4.90 Å². The van der Waals surface area contributed by atoms with Gasteiger partial charge in [0.15, 0.2) is 0 Å². The molecule has 0 unspecified atom stereocenters. The van der Waals surface area contributed by atoms with Crippen LogP contribution in [-0.4, -0.2) is 30.2 Å². The number of sulfonamides is 1. The van der Waals surface area contributed by atoms with Gasteiger partial charge in [-0.25, -0.2) is 23.1 Å². The number of aryl methyl sites for hydroxylation is 1. The molecule has 1 heterocycles. The Kier molecular flexibility index (Phi) is 7.95. The molecular weight excluding hydrogens is 454 g/mol. The molecule has 0 aliphatic carbocycles. The number of anilines is 3. The van der Waals surface area contributed by atoms with E-state index in [9.17, 15) is 18.0 Å². The summed E-state index contributed by atoms with van der Waals surface area (Å²) < 4.78 is 27.5. The number of benzene rings is 2. The van der Waals surface area contributed by atoms with E-state index in [0.29, 0.717) is 22.6 Å². The summed E-state index contributed by atoms with van der Waals surface area (Å²) in [6.07, 6.45) is 2.94. The summed E-state index contributed by atoms with van der Waals surface area (Å²) in [6, 6.07) is 14.0. The summed E-state index contributed by atoms with van der Waals surface area (Å²) >= 11 is 0. The lowest BCUT2D eigenvalue weighted by molar-refractivity contribution is -0.120. The fourth-order valence-corrected chi connectivity index (χ4v) is 4.19. The first-order valence-corrected chi connectivity index (χ1v) is 12.3. The predicted octanol–water partition coefficient (Wildman–Crippen LogP) is 4.21. The van der Waals surface area contributed by atoms with Crippen LogP contribution in [0.3, 0.4) is 0 Å². The minimum absolute atomic E-state index is 0.00159. The molecule has 2 amide bonds. The van der Waals surface area contributed by atoms with E-state index in [2.05, 4.69) is 25.3 Å². The Morgan fingerprint density at radius 1 is 0.941 bits per heavy atom. The summed E-state index contributed by atoms with van der Waals surface area (Å²) in [5, 5.41) is 5.58. The number of carbonyl (C=O) groups excluding carboxylic acids is 2. The smallest absolute Gasteiger partial charge is 0.264 e. The summed E-state index contributed by atoms with van der Waals surface area (Å²) in [4.78, 5) is 32.9. The lowest BCUT2D eigenvalue weighted by Crippen LogP contribution is -2.22. The van der Waals surface area contributed by atoms with Crippen molar-refractivity contribution in [3.8, 4) is 0 Å². The van der Waals surface area contributed by atoms with E-state index in [0.717, 1.165) is 12.8 Å². The lowest BCUT2D eigenvalue weighted by Gasteiger charge is -2.13. The van der Waals surface area contributed by atoms with Gasteiger partial charge in [-0.15, -0.1) is 0 Å². The first-order valence-electron chi connectivity index (χ1n) is 10.9. The van der Waals surface area contributed by atoms with Gasteiger partial charge in [-0.1, -0.05) is 19.9 Å². The number of hydrogen-bond donors (Lipinski definition) is 3. The normalized spacial score (nSPS) is 11.2. The van der Waals surface area contributed by atoms with E-state index < -0.39 is 10.0 Å². The first-order chi connectivity index (χ1) is 16.2. The van der Waals surface area contributed by atoms with Crippen LogP contribution in [0.5, 0.6) is 0 Å². The second-order valence-corrected chi connectivity index (χ2v) is 9.37. The lowest BCUT2D eigenvalue weighted by atomic mass is 10.0. The Balaban J connectivity index is 1.67. The zero-order valence-electron chi connectivity index (χ0n) is 19.2. The Bertz CT molecular complexity index is 1270. The highest BCUT2D eigenvalue weighted by atomic mass is 32.2. The van der Waals surface area contributed by atoms with Gasteiger partial charge in [0.2, 0.25) is 11.9 Å². The zero-order chi connectivity index (χ0) is 24.7. The number of nitrogens with zero attached hydrogens (tertiary/aromatic N) is 2. The highest BCUT2D eigenvalue weighted by Crippen LogP contribution is 2.19. The van der Waals surface area contributed by atoms with Crippen molar-refractivity contribution in [3.63, 3.8) is 0 Å². The molecule has 178 valence electrons. The van der Waals surface area contributed by atoms with Crippen LogP contribution in [0.15, 0.2) is 65.7 Å². The molecule has 0 bridgehead atoms. The molecule has 0 saturated heterocycles. The monoisotopic (exact) mass is 481 g/mol. The largest absolute Gasteiger partial charge is 0.326 e. The topological polar surface area (TPSA) is 130 Å². The number of amides is 2. The van der Waals surface area contributed by atoms with Crippen LogP contribution in [-0.2, 0) is 14.8 Å². The van der Waals surface area contributed by atoms with Gasteiger partial charge in [-0.3, -0.25) is 9.59 Å². The molecule has 9 nitrogen and oxygen atoms in total. The standard InChI is InChI=1S/C24H27N5O4S/c1-4-17(5-2)22(30)28-20-8-6-7-18(15-20)23(31)27-19-9-11-21(12-10-19)34(32,33)29-24-25-14-13-16(3)26-24/h6-15,17H,4-5H2,1-3H3,(H,27,31)(H,28,30)(H,25,26,29). The molecule has 1 aromatic heterocycles. The number of rotatable bonds is 9. The molecule has 0 aliphatic heterocycles. The van der Waals surface area contributed by atoms with Crippen LogP contribution in [0.25, 0.3) is 0 Å². The molecule has 0 atom stereocenters. The van der Waals surface area contributed by atoms with Gasteiger partial charge in [0.1, 0.15) is 0 Å². The van der Waals surface area contributed by atoms with Gasteiger partial charge < -0.3 is 10.6 Å². The summed E-state index contributed by atoms with van der Waals surface area (Å²) in [5.41, 5.74) is 1.94. The SMILES string of the molecule is CCC(CC)C(=O)Nc1cccc(C(=O)Nc2ccc(S(=O)(=O)Nc3nccc(C)n3)cc2)c1. The Labute approximate surface area is 199 Å². The minimum Gasteiger partial charge on any atom is -0.326 e. The first kappa shape index (κ1) is 24.8. The van der Waals surface area contributed by atoms with Crippen molar-refractivity contribution in [1.82, 2.24) is 9.97 Å². The van der Waals surface area contributed by atoms with E-state index in [1.54, 1.807) is 37.3 Å². The van der Waals surface area contributed by atoms with Crippen molar-refractivity contribution >= 4 is 39.2 Å². The third kappa shape index (κ3) is 6.38. The van der Waals surface area contributed by atoms with E-state index >= 15 is 0 Å². The maximum atomic E-state index is 12.7. The molecule has 0 fully saturated rings. The average Bonchev–Trinajstić information content (AvgIpc) is 2.80. The summed E-state index contributed by atoms with van der Waals surface area (Å²) in [6.45, 7) is 5.65. The Hall–Kier alpha value is -3.79. The summed E-state index contributed by atoms with van der Waals surface area (Å²) in [7, 11) is -3.88. The fraction of sp³-hybridized carbons (Fsp3) is 0.250. The predicted molar refractivity (Wildman–Crippen MR) is 131 cm³/mol. The third-order valence-corrected chi connectivity index (χ3v) is 6.54. The van der Waals surface area contributed by atoms with Crippen molar-refractivity contribution in [1.29, 1.82) is 0 Å². The molecule has 0 spiro atoms. The number of hydrogen-bond acceptors (Lipinski definition) is 6. The zero-order valence-corrected chi connectivity index (χ0v) is 20.0. The van der Waals surface area contributed by atoms with Crippen LogP contribution in [0.1, 0.15) is 42.7 Å². The fourth-order valence-electron chi connectivity index (χ4n) is 3.24. The molecular formula is C24H27N5O4S.